The smallest absolute Gasteiger partial charge is 0.311 e. The molecule has 0 spiro atoms. The first-order valence-electron chi connectivity index (χ1n) is 9.17. The van der Waals surface area contributed by atoms with Crippen molar-refractivity contribution < 1.29 is 19.1 Å². The summed E-state index contributed by atoms with van der Waals surface area (Å²) in [6.07, 6.45) is 3.83. The zero-order valence-electron chi connectivity index (χ0n) is 15.6. The predicted octanol–water partition coefficient (Wildman–Crippen LogP) is 2.90. The van der Waals surface area contributed by atoms with Crippen LogP contribution in [-0.2, 0) is 25.5 Å². The quantitative estimate of drug-likeness (QED) is 0.840. The van der Waals surface area contributed by atoms with Crippen molar-refractivity contribution in [3.8, 4) is 0 Å². The highest BCUT2D eigenvalue weighted by atomic mass is 16.5. The monoisotopic (exact) mass is 358 g/mol. The van der Waals surface area contributed by atoms with Gasteiger partial charge in [-0.2, -0.15) is 0 Å². The third-order valence-corrected chi connectivity index (χ3v) is 4.63. The number of amides is 2. The van der Waals surface area contributed by atoms with Gasteiger partial charge in [0.2, 0.25) is 5.91 Å². The molecule has 6 nitrogen and oxygen atoms in total. The standard InChI is InChI=1S/C20H26N2O4/c1-20(2,3)19(25)26-12-17(23)21-15-9-8-13-5-4-10-22(16(13)11-15)18(24)14-6-7-14/h8-9,11,14H,4-7,10,12H2,1-3H3,(H,21,23). The van der Waals surface area contributed by atoms with E-state index in [4.69, 9.17) is 4.74 Å². The molecular weight excluding hydrogens is 332 g/mol. The highest BCUT2D eigenvalue weighted by Crippen LogP contribution is 2.36. The fourth-order valence-electron chi connectivity index (χ4n) is 2.98. The van der Waals surface area contributed by atoms with E-state index in [2.05, 4.69) is 5.32 Å². The molecule has 1 heterocycles. The number of hydrogen-bond donors (Lipinski definition) is 1. The van der Waals surface area contributed by atoms with Crippen molar-refractivity contribution in [1.29, 1.82) is 0 Å². The van der Waals surface area contributed by atoms with Gasteiger partial charge in [-0.05, 0) is 64.2 Å². The minimum atomic E-state index is -0.643. The van der Waals surface area contributed by atoms with Gasteiger partial charge in [0.15, 0.2) is 6.61 Å². The highest BCUT2D eigenvalue weighted by Gasteiger charge is 2.35. The minimum absolute atomic E-state index is 0.163. The normalized spacial score (nSPS) is 16.7. The molecule has 0 aromatic heterocycles. The van der Waals surface area contributed by atoms with Crippen molar-refractivity contribution in [3.05, 3.63) is 23.8 Å². The van der Waals surface area contributed by atoms with Gasteiger partial charge >= 0.3 is 5.97 Å². The zero-order valence-corrected chi connectivity index (χ0v) is 15.6. The SMILES string of the molecule is CC(C)(C)C(=O)OCC(=O)Nc1ccc2c(c1)N(C(=O)C1CC1)CCC2. The molecule has 0 atom stereocenters. The third-order valence-electron chi connectivity index (χ3n) is 4.63. The molecule has 0 unspecified atom stereocenters. The lowest BCUT2D eigenvalue weighted by molar-refractivity contribution is -0.155. The molecule has 1 saturated carbocycles. The Labute approximate surface area is 153 Å². The maximum atomic E-state index is 12.5. The van der Waals surface area contributed by atoms with E-state index in [-0.39, 0.29) is 18.4 Å². The Bertz CT molecular complexity index is 732. The summed E-state index contributed by atoms with van der Waals surface area (Å²) in [5.41, 5.74) is 1.98. The van der Waals surface area contributed by atoms with E-state index in [1.807, 2.05) is 23.1 Å². The van der Waals surface area contributed by atoms with E-state index in [0.29, 0.717) is 5.69 Å². The van der Waals surface area contributed by atoms with E-state index in [0.717, 1.165) is 43.5 Å². The first kappa shape index (κ1) is 18.4. The predicted molar refractivity (Wildman–Crippen MR) is 98.9 cm³/mol. The summed E-state index contributed by atoms with van der Waals surface area (Å²) in [5, 5.41) is 2.75. The van der Waals surface area contributed by atoms with E-state index in [1.54, 1.807) is 20.8 Å². The highest BCUT2D eigenvalue weighted by molar-refractivity contribution is 5.99. The van der Waals surface area contributed by atoms with Gasteiger partial charge in [0.25, 0.3) is 5.91 Å². The molecular formula is C20H26N2O4. The molecule has 0 bridgehead atoms. The number of anilines is 2. The van der Waals surface area contributed by atoms with Crippen molar-refractivity contribution in [2.75, 3.05) is 23.4 Å². The molecule has 26 heavy (non-hydrogen) atoms. The van der Waals surface area contributed by atoms with Crippen molar-refractivity contribution >= 4 is 29.2 Å². The van der Waals surface area contributed by atoms with Crippen LogP contribution in [-0.4, -0.2) is 30.9 Å². The number of fused-ring (bicyclic) bond motifs is 1. The molecule has 1 N–H and O–H groups in total. The summed E-state index contributed by atoms with van der Waals surface area (Å²) in [5.74, 6) is -0.456. The molecule has 1 aliphatic carbocycles. The molecule has 0 saturated heterocycles. The van der Waals surface area contributed by atoms with E-state index in [9.17, 15) is 14.4 Å². The summed E-state index contributed by atoms with van der Waals surface area (Å²) in [4.78, 5) is 38.2. The Hall–Kier alpha value is -2.37. The zero-order chi connectivity index (χ0) is 18.9. The van der Waals surface area contributed by atoms with Gasteiger partial charge in [-0.25, -0.2) is 0 Å². The molecule has 1 aliphatic heterocycles. The Kier molecular flexibility index (Phi) is 5.03. The molecule has 3 rings (SSSR count). The number of ether oxygens (including phenoxy) is 1. The van der Waals surface area contributed by atoms with Gasteiger partial charge in [-0.3, -0.25) is 14.4 Å². The number of aryl methyl sites for hydroxylation is 1. The largest absolute Gasteiger partial charge is 0.455 e. The van der Waals surface area contributed by atoms with Gasteiger partial charge in [0, 0.05) is 23.8 Å². The number of nitrogens with zero attached hydrogens (tertiary/aromatic N) is 1. The van der Waals surface area contributed by atoms with Crippen LogP contribution in [0.15, 0.2) is 18.2 Å². The Morgan fingerprint density at radius 2 is 1.96 bits per heavy atom. The molecule has 1 aromatic carbocycles. The average molecular weight is 358 g/mol. The Morgan fingerprint density at radius 1 is 1.23 bits per heavy atom. The molecule has 2 aliphatic rings. The molecule has 1 aromatic rings. The van der Waals surface area contributed by atoms with Crippen LogP contribution in [0.2, 0.25) is 0 Å². The second kappa shape index (κ2) is 7.09. The topological polar surface area (TPSA) is 75.7 Å². The van der Waals surface area contributed by atoms with E-state index in [1.165, 1.54) is 0 Å². The van der Waals surface area contributed by atoms with Crippen LogP contribution in [0.5, 0.6) is 0 Å². The Balaban J connectivity index is 1.66. The lowest BCUT2D eigenvalue weighted by Gasteiger charge is -2.30. The number of benzene rings is 1. The molecule has 0 radical (unpaired) electrons. The molecule has 2 amide bonds. The van der Waals surface area contributed by atoms with Crippen molar-refractivity contribution in [2.45, 2.75) is 46.5 Å². The van der Waals surface area contributed by atoms with Gasteiger partial charge in [0.05, 0.1) is 5.41 Å². The van der Waals surface area contributed by atoms with Gasteiger partial charge in [0.1, 0.15) is 0 Å². The summed E-state index contributed by atoms with van der Waals surface area (Å²) in [6, 6.07) is 5.63. The summed E-state index contributed by atoms with van der Waals surface area (Å²) in [7, 11) is 0. The molecule has 140 valence electrons. The van der Waals surface area contributed by atoms with Crippen molar-refractivity contribution in [1.82, 2.24) is 0 Å². The van der Waals surface area contributed by atoms with E-state index < -0.39 is 17.3 Å². The summed E-state index contributed by atoms with van der Waals surface area (Å²) in [6.45, 7) is 5.62. The number of carbonyl (C=O) groups excluding carboxylic acids is 3. The van der Waals surface area contributed by atoms with Crippen LogP contribution in [0.1, 0.15) is 45.6 Å². The van der Waals surface area contributed by atoms with Crippen molar-refractivity contribution in [2.24, 2.45) is 11.3 Å². The first-order valence-corrected chi connectivity index (χ1v) is 9.17. The average Bonchev–Trinajstić information content (AvgIpc) is 3.42. The Morgan fingerprint density at radius 3 is 2.62 bits per heavy atom. The van der Waals surface area contributed by atoms with Crippen LogP contribution in [0, 0.1) is 11.3 Å². The lowest BCUT2D eigenvalue weighted by Crippen LogP contribution is -2.36. The first-order chi connectivity index (χ1) is 12.3. The van der Waals surface area contributed by atoms with Gasteiger partial charge in [-0.15, -0.1) is 0 Å². The summed E-state index contributed by atoms with van der Waals surface area (Å²) >= 11 is 0. The molecule has 6 heteroatoms. The van der Waals surface area contributed by atoms with Gasteiger partial charge < -0.3 is 15.0 Å². The summed E-state index contributed by atoms with van der Waals surface area (Å²) < 4.78 is 5.04. The number of rotatable bonds is 4. The maximum absolute atomic E-state index is 12.5. The number of nitrogens with one attached hydrogen (secondary N) is 1. The minimum Gasteiger partial charge on any atom is -0.455 e. The van der Waals surface area contributed by atoms with E-state index >= 15 is 0 Å². The van der Waals surface area contributed by atoms with Crippen LogP contribution >= 0.6 is 0 Å². The third kappa shape index (κ3) is 4.23. The second-order valence-electron chi connectivity index (χ2n) is 8.09. The lowest BCUT2D eigenvalue weighted by atomic mass is 9.97. The van der Waals surface area contributed by atoms with Crippen molar-refractivity contribution in [3.63, 3.8) is 0 Å². The second-order valence-corrected chi connectivity index (χ2v) is 8.09. The van der Waals surface area contributed by atoms with Crippen LogP contribution in [0.4, 0.5) is 11.4 Å². The molecule has 1 fully saturated rings. The van der Waals surface area contributed by atoms with Crippen LogP contribution in [0.25, 0.3) is 0 Å². The fraction of sp³-hybridized carbons (Fsp3) is 0.550. The number of carbonyl (C=O) groups is 3. The van der Waals surface area contributed by atoms with Crippen LogP contribution in [0.3, 0.4) is 0 Å². The number of hydrogen-bond acceptors (Lipinski definition) is 4. The maximum Gasteiger partial charge on any atom is 0.311 e. The number of esters is 1. The van der Waals surface area contributed by atoms with Crippen LogP contribution < -0.4 is 10.2 Å². The van der Waals surface area contributed by atoms with Gasteiger partial charge in [-0.1, -0.05) is 6.07 Å². The fourth-order valence-corrected chi connectivity index (χ4v) is 2.98.